The minimum Gasteiger partial charge on any atom is -0.394 e. The summed E-state index contributed by atoms with van der Waals surface area (Å²) >= 11 is 10.1. The first-order valence-corrected chi connectivity index (χ1v) is 22.8. The molecular formula is C31H36I6N6O15. The second-order valence-corrected chi connectivity index (χ2v) is 18.3. The molecule has 0 aliphatic carbocycles. The minimum atomic E-state index is -1.59. The molecule has 21 nitrogen and oxygen atoms in total. The Kier molecular flexibility index (Phi) is 23.4. The maximum Gasteiger partial charge on any atom is 0.257 e. The van der Waals surface area contributed by atoms with Crippen LogP contribution in [-0.4, -0.2) is 162 Å². The fraction of sp³-hybridized carbons (Fsp3) is 0.419. The third-order valence-corrected chi connectivity index (χ3v) is 14.0. The Balaban J connectivity index is 2.65. The zero-order valence-electron chi connectivity index (χ0n) is 29.2. The van der Waals surface area contributed by atoms with Crippen LogP contribution in [0.1, 0.15) is 41.4 Å². The van der Waals surface area contributed by atoms with E-state index in [2.05, 4.69) is 31.9 Å². The predicted octanol–water partition coefficient (Wildman–Crippen LogP) is -2.26. The Morgan fingerprint density at radius 3 is 1.41 bits per heavy atom. The Morgan fingerprint density at radius 2 is 1.00 bits per heavy atom. The van der Waals surface area contributed by atoms with E-state index in [0.717, 1.165) is 6.07 Å². The first-order chi connectivity index (χ1) is 27.2. The van der Waals surface area contributed by atoms with Crippen molar-refractivity contribution in [2.45, 2.75) is 34.4 Å². The molecule has 2 rings (SSSR count). The van der Waals surface area contributed by atoms with E-state index in [9.17, 15) is 69.6 Å². The van der Waals surface area contributed by atoms with Crippen LogP contribution in [-0.2, 0) is 9.59 Å². The van der Waals surface area contributed by atoms with Gasteiger partial charge in [-0.2, -0.15) is 0 Å². The second kappa shape index (κ2) is 25.4. The highest BCUT2D eigenvalue weighted by atomic mass is 127. The van der Waals surface area contributed by atoms with Crippen LogP contribution in [0.2, 0.25) is 0 Å². The largest absolute Gasteiger partial charge is 0.394 e. The summed E-state index contributed by atoms with van der Waals surface area (Å²) in [6.45, 7) is -5.23. The fourth-order valence-electron chi connectivity index (χ4n) is 4.51. The SMILES string of the molecule is O=C(CO)Nc1c(I)c(C(=O)NCC(O)CO)cc(C(=O)NC(I)C(=O)Nc2c(I)c(C(=O)NC(CO)C(O)CO)c(I)c(C(=O)NC(CO)C(O)CO)c2I)c1I. The quantitative estimate of drug-likeness (QED) is 0.0378. The number of aliphatic hydroxyl groups excluding tert-OH is 9. The number of carbonyl (C=O) groups is 6. The smallest absolute Gasteiger partial charge is 0.257 e. The highest BCUT2D eigenvalue weighted by Gasteiger charge is 2.33. The summed E-state index contributed by atoms with van der Waals surface area (Å²) in [7, 11) is 0. The van der Waals surface area contributed by atoms with Gasteiger partial charge in [0.25, 0.3) is 29.5 Å². The Morgan fingerprint density at radius 1 is 0.552 bits per heavy atom. The molecule has 0 heterocycles. The Bertz CT molecular complexity index is 1820. The van der Waals surface area contributed by atoms with Gasteiger partial charge >= 0.3 is 0 Å². The molecule has 322 valence electrons. The Labute approximate surface area is 410 Å². The van der Waals surface area contributed by atoms with Crippen molar-refractivity contribution in [2.75, 3.05) is 56.8 Å². The van der Waals surface area contributed by atoms with E-state index in [4.69, 9.17) is 5.11 Å². The lowest BCUT2D eigenvalue weighted by Crippen LogP contribution is -2.48. The molecule has 2 aromatic carbocycles. The number of nitrogens with one attached hydrogen (secondary N) is 6. The molecular weight excluding hydrogens is 1460 g/mol. The van der Waals surface area contributed by atoms with Crippen molar-refractivity contribution in [3.63, 3.8) is 0 Å². The van der Waals surface area contributed by atoms with E-state index in [-0.39, 0.29) is 58.0 Å². The van der Waals surface area contributed by atoms with Crippen LogP contribution in [0.25, 0.3) is 0 Å². The molecule has 0 saturated heterocycles. The number of amides is 6. The summed E-state index contributed by atoms with van der Waals surface area (Å²) < 4.78 is -1.13. The summed E-state index contributed by atoms with van der Waals surface area (Å²) in [5, 5.41) is 101. The molecule has 0 fully saturated rings. The van der Waals surface area contributed by atoms with E-state index < -0.39 is 110 Å². The third-order valence-electron chi connectivity index (χ3n) is 7.64. The fourth-order valence-corrected chi connectivity index (χ4v) is 11.5. The summed E-state index contributed by atoms with van der Waals surface area (Å²) in [5.41, 5.74) is -1.01. The van der Waals surface area contributed by atoms with Crippen LogP contribution in [0.4, 0.5) is 11.4 Å². The number of hydrogen-bond donors (Lipinski definition) is 15. The van der Waals surface area contributed by atoms with Gasteiger partial charge in [-0.25, -0.2) is 0 Å². The van der Waals surface area contributed by atoms with Crippen LogP contribution in [0.3, 0.4) is 0 Å². The number of anilines is 2. The lowest BCUT2D eigenvalue weighted by atomic mass is 10.1. The maximum absolute atomic E-state index is 13.8. The highest BCUT2D eigenvalue weighted by molar-refractivity contribution is 14.1. The van der Waals surface area contributed by atoms with Crippen LogP contribution in [0, 0.1) is 17.9 Å². The topological polar surface area (TPSA) is 357 Å². The number of carbonyl (C=O) groups excluding carboxylic acids is 6. The van der Waals surface area contributed by atoms with Crippen LogP contribution < -0.4 is 31.9 Å². The summed E-state index contributed by atoms with van der Waals surface area (Å²) in [6.07, 6.45) is -4.48. The van der Waals surface area contributed by atoms with Gasteiger partial charge in [-0.15, -0.1) is 0 Å². The molecule has 0 aliphatic heterocycles. The summed E-state index contributed by atoms with van der Waals surface area (Å²) in [5.74, 6) is -5.45. The molecule has 15 N–H and O–H groups in total. The van der Waals surface area contributed by atoms with Gasteiger partial charge in [0.2, 0.25) is 5.91 Å². The molecule has 6 atom stereocenters. The first-order valence-electron chi connectivity index (χ1n) is 16.1. The van der Waals surface area contributed by atoms with E-state index >= 15 is 0 Å². The maximum atomic E-state index is 13.8. The normalized spacial score (nSPS) is 14.3. The number of halogens is 6. The van der Waals surface area contributed by atoms with E-state index in [1.54, 1.807) is 136 Å². The Hall–Kier alpha value is -0.720. The number of rotatable bonds is 20. The standard InChI is InChI=1S/C31H36I6N6O15/c32-19-10(27(54)38-2-9(50)3-44)1-11(20(33)24(19)41-16(53)8-49)28(55)43-26(37)31(58)42-25-22(35)17(29(56)39-12(4-45)14(51)6-47)21(34)18(23(25)36)30(57)40-13(5-46)15(52)7-48/h1,9,12-15,26,44-52H,2-8H2,(H,38,54)(H,39,56)(H,40,57)(H,41,53)(H,42,58)(H,43,55). The van der Waals surface area contributed by atoms with E-state index in [1.807, 2.05) is 0 Å². The lowest BCUT2D eigenvalue weighted by molar-refractivity contribution is -0.118. The van der Waals surface area contributed by atoms with Gasteiger partial charge in [-0.3, -0.25) is 28.8 Å². The monoisotopic (exact) mass is 1490 g/mol. The molecule has 0 spiro atoms. The van der Waals surface area contributed by atoms with Crippen LogP contribution >= 0.6 is 136 Å². The van der Waals surface area contributed by atoms with Gasteiger partial charge in [-0.05, 0) is 142 Å². The zero-order chi connectivity index (χ0) is 44.2. The summed E-state index contributed by atoms with van der Waals surface area (Å²) in [4.78, 5) is 80.1. The van der Waals surface area contributed by atoms with E-state index in [1.165, 1.54) is 0 Å². The van der Waals surface area contributed by atoms with Crippen molar-refractivity contribution in [3.05, 3.63) is 46.2 Å². The van der Waals surface area contributed by atoms with E-state index in [0.29, 0.717) is 0 Å². The van der Waals surface area contributed by atoms with Crippen molar-refractivity contribution in [1.82, 2.24) is 21.3 Å². The first kappa shape index (κ1) is 53.4. The molecule has 0 aliphatic rings. The van der Waals surface area contributed by atoms with Gasteiger partial charge in [-0.1, -0.05) is 0 Å². The minimum absolute atomic E-state index is 0.0211. The van der Waals surface area contributed by atoms with Crippen LogP contribution in [0.15, 0.2) is 6.07 Å². The molecule has 6 unspecified atom stereocenters. The number of alkyl halides is 1. The third kappa shape index (κ3) is 13.9. The molecule has 2 aromatic rings. The molecule has 0 aromatic heterocycles. The van der Waals surface area contributed by atoms with Gasteiger partial charge in [0.05, 0.1) is 111 Å². The lowest BCUT2D eigenvalue weighted by Gasteiger charge is -2.25. The van der Waals surface area contributed by atoms with Gasteiger partial charge in [0, 0.05) is 10.1 Å². The molecule has 27 heteroatoms. The number of benzene rings is 2. The predicted molar refractivity (Wildman–Crippen MR) is 254 cm³/mol. The van der Waals surface area contributed by atoms with Gasteiger partial charge < -0.3 is 77.9 Å². The van der Waals surface area contributed by atoms with Crippen molar-refractivity contribution < 1.29 is 74.7 Å². The molecule has 58 heavy (non-hydrogen) atoms. The molecule has 6 amide bonds. The average Bonchev–Trinajstić information content (AvgIpc) is 3.19. The number of aliphatic hydroxyl groups is 9. The zero-order valence-corrected chi connectivity index (χ0v) is 42.2. The number of hydrogen-bond acceptors (Lipinski definition) is 15. The van der Waals surface area contributed by atoms with Crippen LogP contribution in [0.5, 0.6) is 0 Å². The van der Waals surface area contributed by atoms with Crippen molar-refractivity contribution >= 4 is 182 Å². The molecule has 0 radical (unpaired) electrons. The van der Waals surface area contributed by atoms with Gasteiger partial charge in [0.15, 0.2) is 4.05 Å². The van der Waals surface area contributed by atoms with Gasteiger partial charge in [0.1, 0.15) is 6.61 Å². The molecule has 0 saturated carbocycles. The molecule has 0 bridgehead atoms. The van der Waals surface area contributed by atoms with Crippen molar-refractivity contribution in [3.8, 4) is 0 Å². The average molecular weight is 1490 g/mol. The van der Waals surface area contributed by atoms with Crippen molar-refractivity contribution in [1.29, 1.82) is 0 Å². The van der Waals surface area contributed by atoms with Crippen molar-refractivity contribution in [2.24, 2.45) is 0 Å². The summed E-state index contributed by atoms with van der Waals surface area (Å²) in [6, 6.07) is -1.57. The second-order valence-electron chi connectivity index (χ2n) is 11.6. The highest BCUT2D eigenvalue weighted by Crippen LogP contribution is 2.37.